The summed E-state index contributed by atoms with van der Waals surface area (Å²) in [5, 5.41) is 0. The summed E-state index contributed by atoms with van der Waals surface area (Å²) in [4.78, 5) is 32.0. The highest BCUT2D eigenvalue weighted by molar-refractivity contribution is 9.11. The SMILES string of the molecule is CCOC(=O)C1=C(C)N=c2s/c(=C\c3cc(Br)c(OCC)c(Br)c3)c(=O)n2[C@@H]1c1ccc2c(c1)OCO2. The van der Waals surface area contributed by atoms with E-state index in [1.165, 1.54) is 11.3 Å². The summed E-state index contributed by atoms with van der Waals surface area (Å²) in [6.45, 7) is 6.26. The summed E-state index contributed by atoms with van der Waals surface area (Å²) in [5.41, 5.74) is 2.04. The molecule has 3 aromatic rings. The Morgan fingerprint density at radius 3 is 2.59 bits per heavy atom. The maximum absolute atomic E-state index is 13.8. The molecule has 5 rings (SSSR count). The smallest absolute Gasteiger partial charge is 0.338 e. The minimum absolute atomic E-state index is 0.119. The molecular formula is C26H22Br2N2O6S. The fraction of sp³-hybridized carbons (Fsp3) is 0.269. The fourth-order valence-corrected chi connectivity index (χ4v) is 6.78. The van der Waals surface area contributed by atoms with E-state index in [0.29, 0.717) is 50.0 Å². The first-order valence-corrected chi connectivity index (χ1v) is 13.9. The molecule has 0 fully saturated rings. The summed E-state index contributed by atoms with van der Waals surface area (Å²) in [5.74, 6) is 1.35. The molecule has 0 bridgehead atoms. The lowest BCUT2D eigenvalue weighted by atomic mass is 9.95. The van der Waals surface area contributed by atoms with Gasteiger partial charge in [0.1, 0.15) is 5.75 Å². The second kappa shape index (κ2) is 10.5. The predicted octanol–water partition coefficient (Wildman–Crippen LogP) is 4.45. The molecule has 0 amide bonds. The first-order chi connectivity index (χ1) is 17.8. The number of thiazole rings is 1. The first kappa shape index (κ1) is 25.7. The van der Waals surface area contributed by atoms with Gasteiger partial charge >= 0.3 is 5.97 Å². The minimum Gasteiger partial charge on any atom is -0.492 e. The topological polar surface area (TPSA) is 88.4 Å². The fourth-order valence-electron chi connectivity index (χ4n) is 4.29. The van der Waals surface area contributed by atoms with E-state index in [1.807, 2.05) is 25.1 Å². The Morgan fingerprint density at radius 1 is 1.16 bits per heavy atom. The lowest BCUT2D eigenvalue weighted by Gasteiger charge is -2.24. The molecule has 0 N–H and O–H groups in total. The van der Waals surface area contributed by atoms with Crippen molar-refractivity contribution in [2.75, 3.05) is 20.0 Å². The zero-order valence-electron chi connectivity index (χ0n) is 20.2. The molecule has 2 aromatic carbocycles. The number of nitrogens with zero attached hydrogens (tertiary/aromatic N) is 2. The summed E-state index contributed by atoms with van der Waals surface area (Å²) in [6.07, 6.45) is 1.80. The van der Waals surface area contributed by atoms with Gasteiger partial charge in [-0.3, -0.25) is 9.36 Å². The molecule has 1 aromatic heterocycles. The highest BCUT2D eigenvalue weighted by atomic mass is 79.9. The van der Waals surface area contributed by atoms with Crippen molar-refractivity contribution in [1.82, 2.24) is 4.57 Å². The molecule has 0 unspecified atom stereocenters. The van der Waals surface area contributed by atoms with Gasteiger partial charge in [-0.1, -0.05) is 17.4 Å². The van der Waals surface area contributed by atoms with Crippen LogP contribution in [0.1, 0.15) is 37.9 Å². The van der Waals surface area contributed by atoms with Gasteiger partial charge in [-0.2, -0.15) is 0 Å². The van der Waals surface area contributed by atoms with Crippen molar-refractivity contribution in [3.63, 3.8) is 0 Å². The van der Waals surface area contributed by atoms with Gasteiger partial charge < -0.3 is 18.9 Å². The molecule has 2 aliphatic rings. The van der Waals surface area contributed by atoms with Crippen molar-refractivity contribution in [2.45, 2.75) is 26.8 Å². The molecular weight excluding hydrogens is 628 g/mol. The Kier molecular flexibility index (Phi) is 7.28. The maximum Gasteiger partial charge on any atom is 0.338 e. The number of benzene rings is 2. The number of allylic oxidation sites excluding steroid dienone is 1. The van der Waals surface area contributed by atoms with Gasteiger partial charge in [-0.15, -0.1) is 0 Å². The molecule has 3 heterocycles. The van der Waals surface area contributed by atoms with E-state index in [-0.39, 0.29) is 19.0 Å². The summed E-state index contributed by atoms with van der Waals surface area (Å²) >= 11 is 8.35. The molecule has 0 saturated heterocycles. The highest BCUT2D eigenvalue weighted by Crippen LogP contribution is 2.38. The molecule has 0 saturated carbocycles. The van der Waals surface area contributed by atoms with E-state index >= 15 is 0 Å². The Bertz CT molecular complexity index is 1600. The number of fused-ring (bicyclic) bond motifs is 2. The number of aromatic nitrogens is 1. The van der Waals surface area contributed by atoms with E-state index in [2.05, 4.69) is 36.9 Å². The van der Waals surface area contributed by atoms with Crippen molar-refractivity contribution in [3.8, 4) is 17.2 Å². The standard InChI is InChI=1S/C26H22Br2N2O6S/c1-4-33-23-16(27)8-14(9-17(23)28)10-20-24(31)30-22(15-6-7-18-19(11-15)36-12-35-18)21(25(32)34-5-2)13(3)29-26(30)37-20/h6-11,22H,4-5,12H2,1-3H3/b20-10-/t22-/m1/s1. The van der Waals surface area contributed by atoms with Crippen molar-refractivity contribution < 1.29 is 23.7 Å². The van der Waals surface area contributed by atoms with Gasteiger partial charge in [-0.05, 0) is 94.1 Å². The van der Waals surface area contributed by atoms with Gasteiger partial charge in [0.15, 0.2) is 16.3 Å². The first-order valence-electron chi connectivity index (χ1n) is 11.5. The van der Waals surface area contributed by atoms with E-state index in [1.54, 1.807) is 36.6 Å². The normalized spacial score (nSPS) is 16.5. The highest BCUT2D eigenvalue weighted by Gasteiger charge is 2.34. The average molecular weight is 650 g/mol. The van der Waals surface area contributed by atoms with Gasteiger partial charge in [-0.25, -0.2) is 9.79 Å². The molecule has 2 aliphatic heterocycles. The Balaban J connectivity index is 1.69. The van der Waals surface area contributed by atoms with Gasteiger partial charge in [0.2, 0.25) is 6.79 Å². The second-order valence-electron chi connectivity index (χ2n) is 8.16. The quantitative estimate of drug-likeness (QED) is 0.367. The van der Waals surface area contributed by atoms with E-state index < -0.39 is 12.0 Å². The van der Waals surface area contributed by atoms with Crippen LogP contribution in [0.3, 0.4) is 0 Å². The van der Waals surface area contributed by atoms with Crippen LogP contribution in [0, 0.1) is 0 Å². The number of ether oxygens (including phenoxy) is 4. The number of carbonyl (C=O) groups is 1. The van der Waals surface area contributed by atoms with Gasteiger partial charge in [0.25, 0.3) is 5.56 Å². The lowest BCUT2D eigenvalue weighted by Crippen LogP contribution is -2.39. The minimum atomic E-state index is -0.731. The molecule has 0 radical (unpaired) electrons. The average Bonchev–Trinajstić information content (AvgIpc) is 3.44. The van der Waals surface area contributed by atoms with Crippen LogP contribution in [0.2, 0.25) is 0 Å². The van der Waals surface area contributed by atoms with Crippen LogP contribution in [0.25, 0.3) is 6.08 Å². The van der Waals surface area contributed by atoms with Crippen LogP contribution >= 0.6 is 43.2 Å². The summed E-state index contributed by atoms with van der Waals surface area (Å²) in [6, 6.07) is 8.44. The van der Waals surface area contributed by atoms with Crippen LogP contribution in [0.15, 0.2) is 60.3 Å². The van der Waals surface area contributed by atoms with Crippen LogP contribution in [0.5, 0.6) is 17.2 Å². The Morgan fingerprint density at radius 2 is 1.89 bits per heavy atom. The molecule has 11 heteroatoms. The molecule has 37 heavy (non-hydrogen) atoms. The number of carbonyl (C=O) groups excluding carboxylic acids is 1. The van der Waals surface area contributed by atoms with E-state index in [0.717, 1.165) is 14.5 Å². The van der Waals surface area contributed by atoms with Crippen LogP contribution in [-0.2, 0) is 9.53 Å². The van der Waals surface area contributed by atoms with Crippen molar-refractivity contribution in [3.05, 3.63) is 81.4 Å². The number of halogens is 2. The molecule has 0 spiro atoms. The van der Waals surface area contributed by atoms with Crippen molar-refractivity contribution in [2.24, 2.45) is 4.99 Å². The third-order valence-electron chi connectivity index (χ3n) is 5.84. The number of hydrogen-bond acceptors (Lipinski definition) is 8. The zero-order chi connectivity index (χ0) is 26.3. The van der Waals surface area contributed by atoms with E-state index in [9.17, 15) is 9.59 Å². The van der Waals surface area contributed by atoms with Crippen LogP contribution < -0.4 is 29.1 Å². The van der Waals surface area contributed by atoms with Gasteiger partial charge in [0.05, 0.1) is 44.0 Å². The molecule has 1 atom stereocenters. The Hall–Kier alpha value is -2.89. The van der Waals surface area contributed by atoms with Gasteiger partial charge in [0, 0.05) is 0 Å². The largest absolute Gasteiger partial charge is 0.492 e. The predicted molar refractivity (Wildman–Crippen MR) is 146 cm³/mol. The van der Waals surface area contributed by atoms with Crippen molar-refractivity contribution >= 4 is 55.2 Å². The summed E-state index contributed by atoms with van der Waals surface area (Å²) < 4.78 is 25.6. The third-order valence-corrected chi connectivity index (χ3v) is 8.00. The number of hydrogen-bond donors (Lipinski definition) is 0. The number of rotatable bonds is 6. The van der Waals surface area contributed by atoms with Crippen LogP contribution in [-0.4, -0.2) is 30.5 Å². The molecule has 0 aliphatic carbocycles. The lowest BCUT2D eigenvalue weighted by molar-refractivity contribution is -0.139. The van der Waals surface area contributed by atoms with Crippen LogP contribution in [0.4, 0.5) is 0 Å². The van der Waals surface area contributed by atoms with E-state index in [4.69, 9.17) is 18.9 Å². The molecule has 192 valence electrons. The third kappa shape index (κ3) is 4.75. The molecule has 8 nitrogen and oxygen atoms in total. The zero-order valence-corrected chi connectivity index (χ0v) is 24.2. The Labute approximate surface area is 233 Å². The summed E-state index contributed by atoms with van der Waals surface area (Å²) in [7, 11) is 0. The monoisotopic (exact) mass is 648 g/mol. The second-order valence-corrected chi connectivity index (χ2v) is 10.9. The maximum atomic E-state index is 13.8. The number of esters is 1. The van der Waals surface area contributed by atoms with Crippen molar-refractivity contribution in [1.29, 1.82) is 0 Å².